The van der Waals surface area contributed by atoms with E-state index < -0.39 is 15.9 Å². The summed E-state index contributed by atoms with van der Waals surface area (Å²) in [7, 11) is -3.60. The minimum atomic E-state index is -3.60. The summed E-state index contributed by atoms with van der Waals surface area (Å²) in [6.45, 7) is 3.59. The largest absolute Gasteiger partial charge is 0.350 e. The third-order valence-electron chi connectivity index (χ3n) is 4.43. The van der Waals surface area contributed by atoms with Gasteiger partial charge in [-0.15, -0.1) is 0 Å². The van der Waals surface area contributed by atoms with E-state index in [0.29, 0.717) is 11.3 Å². The van der Waals surface area contributed by atoms with E-state index in [1.54, 1.807) is 36.4 Å². The molecule has 0 saturated heterocycles. The van der Waals surface area contributed by atoms with Crippen molar-refractivity contribution in [2.45, 2.75) is 32.9 Å². The monoisotopic (exact) mass is 417 g/mol. The molecule has 1 atom stereocenters. The number of anilines is 1. The number of carbonyl (C=O) groups excluding carboxylic acids is 2. The molecule has 8 heteroatoms. The Balaban J connectivity index is 2.13. The lowest BCUT2D eigenvalue weighted by Crippen LogP contribution is -2.37. The van der Waals surface area contributed by atoms with Crippen molar-refractivity contribution in [2.24, 2.45) is 0 Å². The molecule has 0 radical (unpaired) electrons. The maximum atomic E-state index is 12.6. The van der Waals surface area contributed by atoms with Crippen LogP contribution in [0.1, 0.15) is 36.2 Å². The second-order valence-corrected chi connectivity index (χ2v) is 8.88. The van der Waals surface area contributed by atoms with Gasteiger partial charge < -0.3 is 10.6 Å². The van der Waals surface area contributed by atoms with Crippen molar-refractivity contribution in [1.82, 2.24) is 9.62 Å². The minimum absolute atomic E-state index is 0.00199. The van der Waals surface area contributed by atoms with Crippen LogP contribution >= 0.6 is 0 Å². The van der Waals surface area contributed by atoms with Crippen LogP contribution in [0, 0.1) is 0 Å². The summed E-state index contributed by atoms with van der Waals surface area (Å²) >= 11 is 0. The first-order chi connectivity index (χ1) is 13.7. The summed E-state index contributed by atoms with van der Waals surface area (Å²) in [5.74, 6) is -0.811. The Morgan fingerprint density at radius 1 is 1.03 bits per heavy atom. The molecule has 0 aliphatic carbocycles. The molecule has 2 aromatic rings. The Labute approximate surface area is 172 Å². The molecule has 0 aliphatic heterocycles. The number of para-hydroxylation sites is 1. The number of nitrogens with zero attached hydrogens (tertiary/aromatic N) is 1. The van der Waals surface area contributed by atoms with E-state index in [1.165, 1.54) is 0 Å². The van der Waals surface area contributed by atoms with Crippen LogP contribution in [0.25, 0.3) is 0 Å². The van der Waals surface area contributed by atoms with Crippen molar-refractivity contribution < 1.29 is 18.0 Å². The van der Waals surface area contributed by atoms with Crippen LogP contribution < -0.4 is 10.6 Å². The van der Waals surface area contributed by atoms with Crippen molar-refractivity contribution in [2.75, 3.05) is 18.1 Å². The normalized spacial score (nSPS) is 12.4. The third-order valence-corrected chi connectivity index (χ3v) is 5.62. The zero-order valence-electron chi connectivity index (χ0n) is 16.9. The van der Waals surface area contributed by atoms with Crippen molar-refractivity contribution in [3.05, 3.63) is 65.7 Å². The Morgan fingerprint density at radius 2 is 1.66 bits per heavy atom. The van der Waals surface area contributed by atoms with Crippen LogP contribution in [0.15, 0.2) is 54.6 Å². The average molecular weight is 418 g/mol. The Kier molecular flexibility index (Phi) is 7.92. The van der Waals surface area contributed by atoms with E-state index in [4.69, 9.17) is 0 Å². The molecule has 29 heavy (non-hydrogen) atoms. The maximum absolute atomic E-state index is 12.6. The van der Waals surface area contributed by atoms with Crippen LogP contribution in [0.2, 0.25) is 0 Å². The summed E-state index contributed by atoms with van der Waals surface area (Å²) in [6.07, 6.45) is 1.85. The Bertz CT molecular complexity index is 945. The molecule has 0 fully saturated rings. The molecule has 0 aliphatic rings. The van der Waals surface area contributed by atoms with Gasteiger partial charge in [0.25, 0.3) is 5.91 Å². The van der Waals surface area contributed by atoms with Gasteiger partial charge in [-0.3, -0.25) is 9.59 Å². The van der Waals surface area contributed by atoms with E-state index in [0.717, 1.165) is 22.5 Å². The molecule has 0 unspecified atom stereocenters. The SMILES string of the molecule is CC[C@@H](C)NC(=O)c1ccccc1NC(=O)CN(Cc1ccccc1)S(C)(=O)=O. The van der Waals surface area contributed by atoms with E-state index in [1.807, 2.05) is 32.0 Å². The first-order valence-electron chi connectivity index (χ1n) is 9.39. The van der Waals surface area contributed by atoms with E-state index >= 15 is 0 Å². The second-order valence-electron chi connectivity index (χ2n) is 6.89. The van der Waals surface area contributed by atoms with Gasteiger partial charge in [-0.1, -0.05) is 49.4 Å². The summed E-state index contributed by atoms with van der Waals surface area (Å²) in [5, 5.41) is 5.53. The van der Waals surface area contributed by atoms with E-state index in [9.17, 15) is 18.0 Å². The molecular weight excluding hydrogens is 390 g/mol. The van der Waals surface area contributed by atoms with Crippen molar-refractivity contribution >= 4 is 27.5 Å². The average Bonchev–Trinajstić information content (AvgIpc) is 2.67. The van der Waals surface area contributed by atoms with Gasteiger partial charge in [0.15, 0.2) is 0 Å². The zero-order valence-corrected chi connectivity index (χ0v) is 17.7. The number of nitrogens with one attached hydrogen (secondary N) is 2. The molecular formula is C21H27N3O4S. The van der Waals surface area contributed by atoms with Crippen molar-refractivity contribution in [3.8, 4) is 0 Å². The van der Waals surface area contributed by atoms with Crippen LogP contribution in [-0.4, -0.2) is 43.4 Å². The minimum Gasteiger partial charge on any atom is -0.350 e. The van der Waals surface area contributed by atoms with Gasteiger partial charge in [-0.05, 0) is 31.0 Å². The van der Waals surface area contributed by atoms with Gasteiger partial charge in [0.05, 0.1) is 24.1 Å². The molecule has 0 saturated carbocycles. The van der Waals surface area contributed by atoms with Gasteiger partial charge in [0, 0.05) is 12.6 Å². The molecule has 0 heterocycles. The molecule has 7 nitrogen and oxygen atoms in total. The highest BCUT2D eigenvalue weighted by atomic mass is 32.2. The zero-order chi connectivity index (χ0) is 21.4. The summed E-state index contributed by atoms with van der Waals surface area (Å²) in [5.41, 5.74) is 1.45. The smallest absolute Gasteiger partial charge is 0.253 e. The van der Waals surface area contributed by atoms with Crippen molar-refractivity contribution in [1.29, 1.82) is 0 Å². The highest BCUT2D eigenvalue weighted by Gasteiger charge is 2.22. The Morgan fingerprint density at radius 3 is 2.28 bits per heavy atom. The quantitative estimate of drug-likeness (QED) is 0.656. The summed E-state index contributed by atoms with van der Waals surface area (Å²) in [6, 6.07) is 15.7. The standard InChI is InChI=1S/C21H27N3O4S/c1-4-16(2)22-21(26)18-12-8-9-13-19(18)23-20(25)15-24(29(3,27)28)14-17-10-6-5-7-11-17/h5-13,16H,4,14-15H2,1-3H3,(H,22,26)(H,23,25)/t16-/m1/s1. The van der Waals surface area contributed by atoms with Crippen LogP contribution in [0.3, 0.4) is 0 Å². The summed E-state index contributed by atoms with van der Waals surface area (Å²) < 4.78 is 25.4. The first-order valence-corrected chi connectivity index (χ1v) is 11.2. The highest BCUT2D eigenvalue weighted by Crippen LogP contribution is 2.16. The lowest BCUT2D eigenvalue weighted by atomic mass is 10.1. The number of hydrogen-bond donors (Lipinski definition) is 2. The molecule has 0 aromatic heterocycles. The molecule has 2 N–H and O–H groups in total. The first kappa shape index (κ1) is 22.6. The number of sulfonamides is 1. The molecule has 2 amide bonds. The molecule has 0 bridgehead atoms. The number of carbonyl (C=O) groups is 2. The predicted octanol–water partition coefficient (Wildman–Crippen LogP) is 2.62. The van der Waals surface area contributed by atoms with Gasteiger partial charge in [-0.25, -0.2) is 8.42 Å². The van der Waals surface area contributed by atoms with Crippen LogP contribution in [-0.2, 0) is 21.4 Å². The molecule has 2 aromatic carbocycles. The van der Waals surface area contributed by atoms with E-state index in [-0.39, 0.29) is 25.0 Å². The predicted molar refractivity (Wildman–Crippen MR) is 114 cm³/mol. The molecule has 156 valence electrons. The van der Waals surface area contributed by atoms with E-state index in [2.05, 4.69) is 10.6 Å². The topological polar surface area (TPSA) is 95.6 Å². The van der Waals surface area contributed by atoms with Crippen LogP contribution in [0.5, 0.6) is 0 Å². The van der Waals surface area contributed by atoms with Gasteiger partial charge in [0.1, 0.15) is 0 Å². The van der Waals surface area contributed by atoms with Crippen LogP contribution in [0.4, 0.5) is 5.69 Å². The number of rotatable bonds is 9. The fourth-order valence-corrected chi connectivity index (χ4v) is 3.36. The third kappa shape index (κ3) is 6.99. The Hall–Kier alpha value is -2.71. The summed E-state index contributed by atoms with van der Waals surface area (Å²) in [4.78, 5) is 25.0. The van der Waals surface area contributed by atoms with Gasteiger partial charge in [-0.2, -0.15) is 4.31 Å². The number of amides is 2. The van der Waals surface area contributed by atoms with Crippen molar-refractivity contribution in [3.63, 3.8) is 0 Å². The number of benzene rings is 2. The fourth-order valence-electron chi connectivity index (χ4n) is 2.62. The van der Waals surface area contributed by atoms with Gasteiger partial charge in [0.2, 0.25) is 15.9 Å². The molecule has 0 spiro atoms. The van der Waals surface area contributed by atoms with Gasteiger partial charge >= 0.3 is 0 Å². The molecule has 2 rings (SSSR count). The fraction of sp³-hybridized carbons (Fsp3) is 0.333. The maximum Gasteiger partial charge on any atom is 0.253 e. The lowest BCUT2D eigenvalue weighted by Gasteiger charge is -2.20. The second kappa shape index (κ2) is 10.2. The lowest BCUT2D eigenvalue weighted by molar-refractivity contribution is -0.116. The highest BCUT2D eigenvalue weighted by molar-refractivity contribution is 7.88. The number of hydrogen-bond acceptors (Lipinski definition) is 4.